The lowest BCUT2D eigenvalue weighted by molar-refractivity contribution is 0.396. The average Bonchev–Trinajstić information content (AvgIpc) is 2.99. The van der Waals surface area contributed by atoms with Gasteiger partial charge in [-0.25, -0.2) is 17.2 Å². The van der Waals surface area contributed by atoms with Crippen LogP contribution >= 0.6 is 0 Å². The van der Waals surface area contributed by atoms with E-state index in [1.54, 1.807) is 12.1 Å². The van der Waals surface area contributed by atoms with E-state index in [0.717, 1.165) is 24.1 Å². The minimum atomic E-state index is -3.69. The molecule has 116 valence electrons. The van der Waals surface area contributed by atoms with Gasteiger partial charge in [0.25, 0.3) is 0 Å². The minimum absolute atomic E-state index is 0.0721. The van der Waals surface area contributed by atoms with Crippen LogP contribution in [0.15, 0.2) is 53.4 Å². The monoisotopic (exact) mass is 323 g/mol. The summed E-state index contributed by atoms with van der Waals surface area (Å²) in [5, 5.41) is 0. The van der Waals surface area contributed by atoms with Crippen LogP contribution in [0.25, 0.3) is 0 Å². The van der Waals surface area contributed by atoms with Gasteiger partial charge in [0.1, 0.15) is 11.6 Å². The van der Waals surface area contributed by atoms with Crippen LogP contribution in [0.5, 0.6) is 0 Å². The van der Waals surface area contributed by atoms with Crippen LogP contribution in [0.4, 0.5) is 8.78 Å². The minimum Gasteiger partial charge on any atom is -0.207 e. The van der Waals surface area contributed by atoms with Crippen molar-refractivity contribution < 1.29 is 17.2 Å². The van der Waals surface area contributed by atoms with E-state index in [1.807, 2.05) is 0 Å². The summed E-state index contributed by atoms with van der Waals surface area (Å²) in [6, 6.07) is 10.4. The molecule has 0 aliphatic carbocycles. The average molecular weight is 323 g/mol. The number of halogens is 2. The van der Waals surface area contributed by atoms with E-state index < -0.39 is 15.8 Å². The normalized spacial score (nSPS) is 19.5. The van der Waals surface area contributed by atoms with E-state index in [9.17, 15) is 17.2 Å². The molecule has 0 spiro atoms. The van der Waals surface area contributed by atoms with Crippen molar-refractivity contribution in [1.29, 1.82) is 0 Å². The standard InChI is InChI=1S/C16H15F2NO2S/c17-13-5-3-12(4-6-13)16-2-1-11-19(16)22(20,21)15-9-7-14(18)8-10-15/h3-10,16H,1-2,11H2/t16-/m0/s1. The number of sulfonamides is 1. The van der Waals surface area contributed by atoms with Crippen LogP contribution < -0.4 is 0 Å². The highest BCUT2D eigenvalue weighted by Gasteiger charge is 2.36. The summed E-state index contributed by atoms with van der Waals surface area (Å²) in [5.74, 6) is -0.829. The fourth-order valence-electron chi connectivity index (χ4n) is 2.79. The van der Waals surface area contributed by atoms with Crippen LogP contribution in [0.2, 0.25) is 0 Å². The van der Waals surface area contributed by atoms with Crippen LogP contribution in [-0.2, 0) is 10.0 Å². The van der Waals surface area contributed by atoms with Crippen molar-refractivity contribution in [2.75, 3.05) is 6.54 Å². The van der Waals surface area contributed by atoms with E-state index in [0.29, 0.717) is 13.0 Å². The van der Waals surface area contributed by atoms with E-state index in [2.05, 4.69) is 0 Å². The van der Waals surface area contributed by atoms with Gasteiger partial charge >= 0.3 is 0 Å². The number of rotatable bonds is 3. The van der Waals surface area contributed by atoms with Crippen LogP contribution in [-0.4, -0.2) is 19.3 Å². The molecule has 2 aromatic carbocycles. The molecule has 1 aliphatic rings. The fraction of sp³-hybridized carbons (Fsp3) is 0.250. The van der Waals surface area contributed by atoms with Gasteiger partial charge in [-0.05, 0) is 54.8 Å². The zero-order valence-electron chi connectivity index (χ0n) is 11.7. The largest absolute Gasteiger partial charge is 0.243 e. The second-order valence-electron chi connectivity index (χ2n) is 5.28. The van der Waals surface area contributed by atoms with Crippen molar-refractivity contribution in [3.8, 4) is 0 Å². The first kappa shape index (κ1) is 15.1. The Bertz CT molecular complexity index is 758. The Balaban J connectivity index is 1.95. The molecule has 3 rings (SSSR count). The molecule has 0 saturated carbocycles. The molecule has 0 amide bonds. The first-order valence-corrected chi connectivity index (χ1v) is 8.45. The van der Waals surface area contributed by atoms with Gasteiger partial charge in [0.2, 0.25) is 10.0 Å². The van der Waals surface area contributed by atoms with Crippen molar-refractivity contribution in [2.45, 2.75) is 23.8 Å². The summed E-state index contributed by atoms with van der Waals surface area (Å²) in [6.07, 6.45) is 1.43. The summed E-state index contributed by atoms with van der Waals surface area (Å²) < 4.78 is 52.9. The molecule has 3 nitrogen and oxygen atoms in total. The van der Waals surface area contributed by atoms with Crippen LogP contribution in [0, 0.1) is 11.6 Å². The van der Waals surface area contributed by atoms with Gasteiger partial charge in [-0.2, -0.15) is 4.31 Å². The summed E-state index contributed by atoms with van der Waals surface area (Å²) in [4.78, 5) is 0.0721. The van der Waals surface area contributed by atoms with Crippen molar-refractivity contribution in [1.82, 2.24) is 4.31 Å². The fourth-order valence-corrected chi connectivity index (χ4v) is 4.47. The van der Waals surface area contributed by atoms with Crippen LogP contribution in [0.3, 0.4) is 0 Å². The van der Waals surface area contributed by atoms with E-state index in [1.165, 1.54) is 28.6 Å². The molecule has 0 aromatic heterocycles. The zero-order valence-corrected chi connectivity index (χ0v) is 12.6. The highest BCUT2D eigenvalue weighted by molar-refractivity contribution is 7.89. The molecule has 6 heteroatoms. The maximum atomic E-state index is 13.0. The second-order valence-corrected chi connectivity index (χ2v) is 7.17. The Morgan fingerprint density at radius 1 is 0.909 bits per heavy atom. The molecule has 0 N–H and O–H groups in total. The van der Waals surface area contributed by atoms with Gasteiger partial charge in [0.15, 0.2) is 0 Å². The third-order valence-electron chi connectivity index (χ3n) is 3.88. The van der Waals surface area contributed by atoms with Gasteiger partial charge in [0.05, 0.1) is 10.9 Å². The third kappa shape index (κ3) is 2.76. The SMILES string of the molecule is O=S(=O)(c1ccc(F)cc1)N1CCC[C@H]1c1ccc(F)cc1. The molecule has 1 aliphatic heterocycles. The van der Waals surface area contributed by atoms with Gasteiger partial charge in [0, 0.05) is 6.54 Å². The molecule has 1 heterocycles. The Morgan fingerprint density at radius 3 is 2.05 bits per heavy atom. The van der Waals surface area contributed by atoms with E-state index >= 15 is 0 Å². The lowest BCUT2D eigenvalue weighted by Gasteiger charge is -2.24. The van der Waals surface area contributed by atoms with Gasteiger partial charge in [-0.15, -0.1) is 0 Å². The molecule has 0 bridgehead atoms. The predicted octanol–water partition coefficient (Wildman–Crippen LogP) is 3.49. The van der Waals surface area contributed by atoms with Crippen molar-refractivity contribution >= 4 is 10.0 Å². The number of hydrogen-bond donors (Lipinski definition) is 0. The number of benzene rings is 2. The number of hydrogen-bond acceptors (Lipinski definition) is 2. The van der Waals surface area contributed by atoms with E-state index in [4.69, 9.17) is 0 Å². The second kappa shape index (κ2) is 5.78. The van der Waals surface area contributed by atoms with Crippen molar-refractivity contribution in [2.24, 2.45) is 0 Å². The lowest BCUT2D eigenvalue weighted by Crippen LogP contribution is -2.30. The van der Waals surface area contributed by atoms with Gasteiger partial charge in [-0.3, -0.25) is 0 Å². The Labute approximate surface area is 128 Å². The quantitative estimate of drug-likeness (QED) is 0.867. The maximum absolute atomic E-state index is 13.0. The predicted molar refractivity (Wildman–Crippen MR) is 78.7 cm³/mol. The molecule has 0 unspecified atom stereocenters. The van der Waals surface area contributed by atoms with Gasteiger partial charge < -0.3 is 0 Å². The number of nitrogens with zero attached hydrogens (tertiary/aromatic N) is 1. The van der Waals surface area contributed by atoms with Crippen LogP contribution in [0.1, 0.15) is 24.4 Å². The highest BCUT2D eigenvalue weighted by Crippen LogP contribution is 2.36. The zero-order chi connectivity index (χ0) is 15.7. The first-order chi connectivity index (χ1) is 10.5. The molecule has 1 fully saturated rings. The molecule has 1 saturated heterocycles. The Hall–Kier alpha value is -1.79. The summed E-state index contributed by atoms with van der Waals surface area (Å²) >= 11 is 0. The molecule has 22 heavy (non-hydrogen) atoms. The van der Waals surface area contributed by atoms with Crippen molar-refractivity contribution in [3.63, 3.8) is 0 Å². The Morgan fingerprint density at radius 2 is 1.45 bits per heavy atom. The highest BCUT2D eigenvalue weighted by atomic mass is 32.2. The maximum Gasteiger partial charge on any atom is 0.243 e. The third-order valence-corrected chi connectivity index (χ3v) is 5.80. The topological polar surface area (TPSA) is 37.4 Å². The summed E-state index contributed by atoms with van der Waals surface area (Å²) in [7, 11) is -3.69. The van der Waals surface area contributed by atoms with Crippen molar-refractivity contribution in [3.05, 3.63) is 65.7 Å². The molecule has 2 aromatic rings. The molecule has 1 atom stereocenters. The summed E-state index contributed by atoms with van der Waals surface area (Å²) in [6.45, 7) is 0.405. The molecular weight excluding hydrogens is 308 g/mol. The van der Waals surface area contributed by atoms with E-state index in [-0.39, 0.29) is 16.8 Å². The Kier molecular flexibility index (Phi) is 3.97. The molecular formula is C16H15F2NO2S. The molecule has 0 radical (unpaired) electrons. The smallest absolute Gasteiger partial charge is 0.207 e. The van der Waals surface area contributed by atoms with Gasteiger partial charge in [-0.1, -0.05) is 12.1 Å². The summed E-state index contributed by atoms with van der Waals surface area (Å²) in [5.41, 5.74) is 0.768. The first-order valence-electron chi connectivity index (χ1n) is 7.01. The lowest BCUT2D eigenvalue weighted by atomic mass is 10.1.